The fourth-order valence-corrected chi connectivity index (χ4v) is 8.18. The maximum Gasteiger partial charge on any atom is 0.335 e. The van der Waals surface area contributed by atoms with Crippen LogP contribution in [-0.4, -0.2) is 46.9 Å². The monoisotopic (exact) mass is 606 g/mol. The number of amides is 4. The van der Waals surface area contributed by atoms with Gasteiger partial charge in [0.25, 0.3) is 0 Å². The molecule has 0 bridgehead atoms. The van der Waals surface area contributed by atoms with Gasteiger partial charge in [0.15, 0.2) is 0 Å². The van der Waals surface area contributed by atoms with E-state index in [-0.39, 0.29) is 29.8 Å². The van der Waals surface area contributed by atoms with Crippen molar-refractivity contribution >= 4 is 41.0 Å². The molecule has 2 aliphatic heterocycles. The zero-order valence-electron chi connectivity index (χ0n) is 24.5. The number of phenolic OH excluding ortho intramolecular Hbond substituents is 1. The fraction of sp³-hybridized carbons (Fsp3) is 0.286. The summed E-state index contributed by atoms with van der Waals surface area (Å²) >= 11 is 0. The highest BCUT2D eigenvalue weighted by Gasteiger charge is 2.68. The number of benzene rings is 3. The summed E-state index contributed by atoms with van der Waals surface area (Å²) in [5, 5.41) is 20.8. The smallest absolute Gasteiger partial charge is 0.335 e. The van der Waals surface area contributed by atoms with Crippen LogP contribution in [0, 0.1) is 29.1 Å². The van der Waals surface area contributed by atoms with Crippen molar-refractivity contribution in [3.8, 4) is 11.5 Å². The lowest BCUT2D eigenvalue weighted by atomic mass is 9.51. The SMILES string of the molecule is COc1cccc(O)c1C1C2=CCC3C(=O)N(c4cccc(C(=O)O)c4)C(=O)C3C2CC2C(=O)N(c3ccccc3)C(=O)C21C. The van der Waals surface area contributed by atoms with E-state index in [1.807, 2.05) is 6.08 Å². The first-order valence-electron chi connectivity index (χ1n) is 14.8. The van der Waals surface area contributed by atoms with Crippen molar-refractivity contribution in [1.29, 1.82) is 0 Å². The van der Waals surface area contributed by atoms with Gasteiger partial charge >= 0.3 is 5.97 Å². The Bertz CT molecular complexity index is 1830. The summed E-state index contributed by atoms with van der Waals surface area (Å²) < 4.78 is 5.68. The topological polar surface area (TPSA) is 142 Å². The first-order valence-corrected chi connectivity index (χ1v) is 14.8. The number of hydrogen-bond donors (Lipinski definition) is 2. The number of carboxylic acid groups (broad SMARTS) is 1. The predicted octanol–water partition coefficient (Wildman–Crippen LogP) is 4.53. The van der Waals surface area contributed by atoms with E-state index in [1.54, 1.807) is 49.4 Å². The summed E-state index contributed by atoms with van der Waals surface area (Å²) in [7, 11) is 1.46. The van der Waals surface area contributed by atoms with Crippen LogP contribution in [0.1, 0.15) is 41.6 Å². The van der Waals surface area contributed by atoms with Gasteiger partial charge in [-0.3, -0.25) is 24.1 Å². The molecule has 4 amide bonds. The van der Waals surface area contributed by atoms with Crippen LogP contribution in [0.3, 0.4) is 0 Å². The van der Waals surface area contributed by atoms with Gasteiger partial charge in [0.1, 0.15) is 11.5 Å². The highest BCUT2D eigenvalue weighted by molar-refractivity contribution is 6.25. The molecule has 6 atom stereocenters. The summed E-state index contributed by atoms with van der Waals surface area (Å²) in [5.74, 6) is -6.58. The Labute approximate surface area is 258 Å². The minimum absolute atomic E-state index is 0.0574. The number of hydrogen-bond acceptors (Lipinski definition) is 7. The number of imide groups is 2. The zero-order valence-corrected chi connectivity index (χ0v) is 24.5. The third kappa shape index (κ3) is 3.91. The third-order valence-electron chi connectivity index (χ3n) is 10.2. The quantitative estimate of drug-likeness (QED) is 0.319. The Morgan fingerprint density at radius 2 is 1.58 bits per heavy atom. The molecule has 2 heterocycles. The standard InChI is InChI=1S/C35H30N2O8/c1-35-24(31(40)37(34(35)44)19-9-4-3-5-10-19)17-23-21(29(35)28-25(38)12-7-13-26(28)45-2)14-15-22-27(23)32(41)36(30(22)39)20-11-6-8-18(16-20)33(42)43/h3-14,16,22-24,27,29,38H,15,17H2,1-2H3,(H,42,43). The lowest BCUT2D eigenvalue weighted by molar-refractivity contribution is -0.131. The van der Waals surface area contributed by atoms with E-state index in [0.717, 1.165) is 4.90 Å². The Kier molecular flexibility index (Phi) is 6.43. The molecular weight excluding hydrogens is 576 g/mol. The molecule has 45 heavy (non-hydrogen) atoms. The van der Waals surface area contributed by atoms with Crippen molar-refractivity contribution < 1.29 is 38.9 Å². The second-order valence-corrected chi connectivity index (χ2v) is 12.3. The first-order chi connectivity index (χ1) is 21.6. The Hall–Kier alpha value is -5.25. The van der Waals surface area contributed by atoms with Gasteiger partial charge in [0.2, 0.25) is 23.6 Å². The average molecular weight is 607 g/mol. The van der Waals surface area contributed by atoms with Crippen LogP contribution in [0.15, 0.2) is 84.4 Å². The van der Waals surface area contributed by atoms with Crippen LogP contribution in [0.4, 0.5) is 11.4 Å². The number of ether oxygens (including phenoxy) is 1. The van der Waals surface area contributed by atoms with Gasteiger partial charge in [-0.2, -0.15) is 0 Å². The lowest BCUT2D eigenvalue weighted by Crippen LogP contribution is -2.49. The van der Waals surface area contributed by atoms with Crippen molar-refractivity contribution in [2.45, 2.75) is 25.7 Å². The van der Waals surface area contributed by atoms with E-state index < -0.39 is 64.6 Å². The number of rotatable bonds is 5. The first kappa shape index (κ1) is 28.5. The number of carbonyl (C=O) groups excluding carboxylic acids is 4. The predicted molar refractivity (Wildman–Crippen MR) is 162 cm³/mol. The normalized spacial score (nSPS) is 28.8. The molecule has 10 heteroatoms. The van der Waals surface area contributed by atoms with Gasteiger partial charge < -0.3 is 14.9 Å². The van der Waals surface area contributed by atoms with Crippen LogP contribution in [0.2, 0.25) is 0 Å². The number of allylic oxidation sites excluding steroid dienone is 2. The number of carbonyl (C=O) groups is 5. The number of methoxy groups -OCH3 is 1. The molecule has 3 aromatic rings. The molecular formula is C35H30N2O8. The zero-order chi connectivity index (χ0) is 31.8. The van der Waals surface area contributed by atoms with Crippen molar-refractivity contribution in [2.75, 3.05) is 16.9 Å². The molecule has 2 saturated heterocycles. The van der Waals surface area contributed by atoms with Gasteiger partial charge in [-0.15, -0.1) is 0 Å². The molecule has 7 rings (SSSR count). The van der Waals surface area contributed by atoms with E-state index in [2.05, 4.69) is 0 Å². The summed E-state index contributed by atoms with van der Waals surface area (Å²) in [4.78, 5) is 70.7. The van der Waals surface area contributed by atoms with E-state index in [4.69, 9.17) is 4.74 Å². The number of nitrogens with zero attached hydrogens (tertiary/aromatic N) is 2. The maximum atomic E-state index is 14.5. The van der Waals surface area contributed by atoms with E-state index in [9.17, 15) is 34.2 Å². The van der Waals surface area contributed by atoms with Crippen molar-refractivity contribution in [3.63, 3.8) is 0 Å². The number of fused-ring (bicyclic) bond motifs is 4. The Morgan fingerprint density at radius 3 is 2.29 bits per heavy atom. The molecule has 6 unspecified atom stereocenters. The van der Waals surface area contributed by atoms with Gasteiger partial charge in [-0.1, -0.05) is 42.0 Å². The van der Waals surface area contributed by atoms with Crippen LogP contribution in [0.5, 0.6) is 11.5 Å². The number of anilines is 2. The third-order valence-corrected chi connectivity index (χ3v) is 10.2. The largest absolute Gasteiger partial charge is 0.508 e. The van der Waals surface area contributed by atoms with Crippen LogP contribution >= 0.6 is 0 Å². The van der Waals surface area contributed by atoms with Crippen molar-refractivity contribution in [2.24, 2.45) is 29.1 Å². The summed E-state index contributed by atoms with van der Waals surface area (Å²) in [5.41, 5.74) is 0.252. The minimum Gasteiger partial charge on any atom is -0.508 e. The molecule has 0 spiro atoms. The molecule has 3 aromatic carbocycles. The molecule has 0 aromatic heterocycles. The van der Waals surface area contributed by atoms with Crippen LogP contribution in [0.25, 0.3) is 0 Å². The number of aromatic carboxylic acids is 1. The van der Waals surface area contributed by atoms with Gasteiger partial charge in [0, 0.05) is 11.5 Å². The number of carboxylic acids is 1. The Morgan fingerprint density at radius 1 is 0.867 bits per heavy atom. The van der Waals surface area contributed by atoms with Gasteiger partial charge in [-0.05, 0) is 68.1 Å². The van der Waals surface area contributed by atoms with Gasteiger partial charge in [0.05, 0.1) is 47.2 Å². The molecule has 4 aliphatic rings. The molecule has 1 saturated carbocycles. The molecule has 3 fully saturated rings. The molecule has 228 valence electrons. The summed E-state index contributed by atoms with van der Waals surface area (Å²) in [6.45, 7) is 1.74. The van der Waals surface area contributed by atoms with Crippen molar-refractivity contribution in [3.05, 3.63) is 95.6 Å². The van der Waals surface area contributed by atoms with E-state index >= 15 is 0 Å². The van der Waals surface area contributed by atoms with Crippen LogP contribution < -0.4 is 14.5 Å². The maximum absolute atomic E-state index is 14.5. The number of aromatic hydroxyl groups is 1. The molecule has 2 N–H and O–H groups in total. The molecule has 2 aliphatic carbocycles. The minimum atomic E-state index is -1.34. The molecule has 0 radical (unpaired) electrons. The summed E-state index contributed by atoms with van der Waals surface area (Å²) in [6.07, 6.45) is 2.23. The second-order valence-electron chi connectivity index (χ2n) is 12.3. The highest BCUT2D eigenvalue weighted by atomic mass is 16.5. The molecule has 10 nitrogen and oxygen atoms in total. The fourth-order valence-electron chi connectivity index (χ4n) is 8.18. The second kappa shape index (κ2) is 10.2. The van der Waals surface area contributed by atoms with Gasteiger partial charge in [-0.25, -0.2) is 9.69 Å². The number of phenols is 1. The van der Waals surface area contributed by atoms with E-state index in [1.165, 1.54) is 42.3 Å². The Balaban J connectivity index is 1.39. The van der Waals surface area contributed by atoms with Crippen molar-refractivity contribution in [1.82, 2.24) is 0 Å². The highest BCUT2D eigenvalue weighted by Crippen LogP contribution is 2.65. The lowest BCUT2D eigenvalue weighted by Gasteiger charge is -2.49. The van der Waals surface area contributed by atoms with Crippen LogP contribution in [-0.2, 0) is 19.2 Å². The number of para-hydroxylation sites is 1. The average Bonchev–Trinajstić information content (AvgIpc) is 3.41. The summed E-state index contributed by atoms with van der Waals surface area (Å²) in [6, 6.07) is 19.2. The van der Waals surface area contributed by atoms with E-state index in [0.29, 0.717) is 22.6 Å².